The van der Waals surface area contributed by atoms with Gasteiger partial charge in [-0.25, -0.2) is 8.78 Å². The summed E-state index contributed by atoms with van der Waals surface area (Å²) in [5.74, 6) is -2.92. The summed E-state index contributed by atoms with van der Waals surface area (Å²) in [4.78, 5) is 23.9. The molecule has 3 N–H and O–H groups in total. The van der Waals surface area contributed by atoms with Gasteiger partial charge in [0.05, 0.1) is 0 Å². The first kappa shape index (κ1) is 22.0. The number of benzene rings is 2. The molecule has 8 heteroatoms. The fraction of sp³-hybridized carbons (Fsp3) is 0.238. The lowest BCUT2D eigenvalue weighted by Crippen LogP contribution is -2.46. The zero-order valence-corrected chi connectivity index (χ0v) is 15.8. The van der Waals surface area contributed by atoms with Gasteiger partial charge < -0.3 is 20.5 Å². The minimum Gasteiger partial charge on any atom is -0.491 e. The number of hydrogen-bond donors (Lipinski definition) is 3. The molecule has 6 nitrogen and oxygen atoms in total. The third-order valence-corrected chi connectivity index (χ3v) is 3.82. The molecule has 2 amide bonds. The van der Waals surface area contributed by atoms with Gasteiger partial charge in [0.1, 0.15) is 24.5 Å². The Bertz CT molecular complexity index is 859. The van der Waals surface area contributed by atoms with Crippen LogP contribution in [0.25, 0.3) is 6.08 Å². The first-order chi connectivity index (χ1) is 13.8. The van der Waals surface area contributed by atoms with Crippen molar-refractivity contribution in [3.8, 4) is 5.75 Å². The molecule has 2 rings (SSSR count). The molecule has 0 saturated carbocycles. The number of hydrogen-bond acceptors (Lipinski definition) is 4. The molecule has 154 valence electrons. The van der Waals surface area contributed by atoms with Crippen molar-refractivity contribution in [2.45, 2.75) is 19.1 Å². The quantitative estimate of drug-likeness (QED) is 0.558. The topological polar surface area (TPSA) is 87.7 Å². The van der Waals surface area contributed by atoms with Crippen LogP contribution in [0.4, 0.5) is 8.78 Å². The van der Waals surface area contributed by atoms with Crippen LogP contribution in [-0.4, -0.2) is 42.2 Å². The van der Waals surface area contributed by atoms with Gasteiger partial charge in [-0.05, 0) is 30.7 Å². The van der Waals surface area contributed by atoms with Crippen LogP contribution >= 0.6 is 0 Å². The maximum atomic E-state index is 13.1. The summed E-state index contributed by atoms with van der Waals surface area (Å²) < 4.78 is 31.1. The van der Waals surface area contributed by atoms with Crippen LogP contribution in [0.15, 0.2) is 54.6 Å². The molecule has 2 unspecified atom stereocenters. The molecular weight excluding hydrogens is 382 g/mol. The van der Waals surface area contributed by atoms with Crippen molar-refractivity contribution in [1.82, 2.24) is 10.6 Å². The molecule has 2 aromatic rings. The zero-order valence-electron chi connectivity index (χ0n) is 15.8. The highest BCUT2D eigenvalue weighted by atomic mass is 19.2. The molecular formula is C21H22F2N2O4. The molecule has 29 heavy (non-hydrogen) atoms. The molecule has 0 bridgehead atoms. The van der Waals surface area contributed by atoms with Crippen LogP contribution in [-0.2, 0) is 9.59 Å². The molecule has 2 atom stereocenters. The van der Waals surface area contributed by atoms with E-state index in [2.05, 4.69) is 10.6 Å². The highest BCUT2D eigenvalue weighted by Crippen LogP contribution is 2.15. The Labute approximate surface area is 167 Å². The number of aliphatic hydroxyl groups excluding tert-OH is 1. The maximum absolute atomic E-state index is 13.1. The molecule has 0 saturated heterocycles. The summed E-state index contributed by atoms with van der Waals surface area (Å²) in [5, 5.41) is 14.8. The predicted octanol–water partition coefficient (Wildman–Crippen LogP) is 2.04. The van der Waals surface area contributed by atoms with Gasteiger partial charge in [0.15, 0.2) is 11.6 Å². The highest BCUT2D eigenvalue weighted by Gasteiger charge is 2.16. The van der Waals surface area contributed by atoms with E-state index in [0.717, 1.165) is 17.7 Å². The van der Waals surface area contributed by atoms with Crippen LogP contribution in [0.3, 0.4) is 0 Å². The van der Waals surface area contributed by atoms with Crippen LogP contribution in [0, 0.1) is 11.6 Å². The van der Waals surface area contributed by atoms with Crippen molar-refractivity contribution in [2.24, 2.45) is 0 Å². The summed E-state index contributed by atoms with van der Waals surface area (Å²) in [7, 11) is 0. The summed E-state index contributed by atoms with van der Waals surface area (Å²) in [6, 6.07) is 11.4. The first-order valence-electron chi connectivity index (χ1n) is 8.92. The molecule has 0 heterocycles. The number of nitrogens with one attached hydrogen (secondary N) is 2. The van der Waals surface area contributed by atoms with Crippen molar-refractivity contribution in [1.29, 1.82) is 0 Å². The van der Waals surface area contributed by atoms with E-state index in [4.69, 9.17) is 4.74 Å². The summed E-state index contributed by atoms with van der Waals surface area (Å²) in [6.07, 6.45) is 1.87. The average molecular weight is 404 g/mol. The third-order valence-electron chi connectivity index (χ3n) is 3.82. The van der Waals surface area contributed by atoms with Gasteiger partial charge in [0.2, 0.25) is 11.8 Å². The lowest BCUT2D eigenvalue weighted by molar-refractivity contribution is -0.127. The van der Waals surface area contributed by atoms with Gasteiger partial charge >= 0.3 is 0 Å². The standard InChI is InChI=1S/C21H22F2N2O4/c1-14(25-20(27)10-7-15-5-3-2-4-6-15)21(28)24-12-16(26)13-29-17-8-9-18(22)19(23)11-17/h2-11,14,16,26H,12-13H2,1H3,(H,24,28)(H,25,27)/b10-7+. The van der Waals surface area contributed by atoms with Gasteiger partial charge in [-0.15, -0.1) is 0 Å². The predicted molar refractivity (Wildman–Crippen MR) is 104 cm³/mol. The number of aliphatic hydroxyl groups is 1. The van der Waals surface area contributed by atoms with Crippen molar-refractivity contribution < 1.29 is 28.2 Å². The number of amides is 2. The highest BCUT2D eigenvalue weighted by molar-refractivity contribution is 5.95. The molecule has 0 aliphatic rings. The largest absolute Gasteiger partial charge is 0.491 e. The van der Waals surface area contributed by atoms with E-state index < -0.39 is 35.6 Å². The smallest absolute Gasteiger partial charge is 0.244 e. The lowest BCUT2D eigenvalue weighted by Gasteiger charge is -2.16. The maximum Gasteiger partial charge on any atom is 0.244 e. The SMILES string of the molecule is CC(NC(=O)/C=C/c1ccccc1)C(=O)NCC(O)COc1ccc(F)c(F)c1. The second kappa shape index (κ2) is 10.9. The molecule has 0 radical (unpaired) electrons. The Morgan fingerprint density at radius 1 is 1.14 bits per heavy atom. The molecule has 0 fully saturated rings. The fourth-order valence-corrected chi connectivity index (χ4v) is 2.25. The van der Waals surface area contributed by atoms with E-state index in [9.17, 15) is 23.5 Å². The van der Waals surface area contributed by atoms with Gasteiger partial charge in [-0.3, -0.25) is 9.59 Å². The van der Waals surface area contributed by atoms with Gasteiger partial charge in [-0.2, -0.15) is 0 Å². The van der Waals surface area contributed by atoms with Crippen LogP contribution in [0.2, 0.25) is 0 Å². The van der Waals surface area contributed by atoms with Crippen molar-refractivity contribution in [2.75, 3.05) is 13.2 Å². The Balaban J connectivity index is 1.70. The first-order valence-corrected chi connectivity index (χ1v) is 8.92. The molecule has 0 aliphatic heterocycles. The van der Waals surface area contributed by atoms with Crippen molar-refractivity contribution in [3.05, 3.63) is 71.8 Å². The number of carbonyl (C=O) groups excluding carboxylic acids is 2. The van der Waals surface area contributed by atoms with Crippen LogP contribution < -0.4 is 15.4 Å². The van der Waals surface area contributed by atoms with Crippen molar-refractivity contribution >= 4 is 17.9 Å². The third kappa shape index (κ3) is 7.71. The molecule has 0 aromatic heterocycles. The van der Waals surface area contributed by atoms with Crippen LogP contribution in [0.5, 0.6) is 5.75 Å². The van der Waals surface area contributed by atoms with Gasteiger partial charge in [0, 0.05) is 18.7 Å². The van der Waals surface area contributed by atoms with Crippen molar-refractivity contribution in [3.63, 3.8) is 0 Å². The van der Waals surface area contributed by atoms with Gasteiger partial charge in [0.25, 0.3) is 0 Å². The minimum atomic E-state index is -1.08. The van der Waals surface area contributed by atoms with E-state index in [1.54, 1.807) is 6.08 Å². The summed E-state index contributed by atoms with van der Waals surface area (Å²) >= 11 is 0. The number of rotatable bonds is 9. The van der Waals surface area contributed by atoms with E-state index >= 15 is 0 Å². The Hall–Kier alpha value is -3.26. The Kier molecular flexibility index (Phi) is 8.29. The normalized spacial score (nSPS) is 13.0. The number of halogens is 2. The molecule has 2 aromatic carbocycles. The van der Waals surface area contributed by atoms with E-state index in [1.165, 1.54) is 19.1 Å². The summed E-state index contributed by atoms with van der Waals surface area (Å²) in [5.41, 5.74) is 0.851. The van der Waals surface area contributed by atoms with E-state index in [1.807, 2.05) is 30.3 Å². The molecule has 0 spiro atoms. The van der Waals surface area contributed by atoms with Gasteiger partial charge in [-0.1, -0.05) is 30.3 Å². The molecule has 0 aliphatic carbocycles. The van der Waals surface area contributed by atoms with Crippen LogP contribution in [0.1, 0.15) is 12.5 Å². The second-order valence-corrected chi connectivity index (χ2v) is 6.26. The van der Waals surface area contributed by atoms with E-state index in [-0.39, 0.29) is 18.9 Å². The Morgan fingerprint density at radius 3 is 2.55 bits per heavy atom. The fourth-order valence-electron chi connectivity index (χ4n) is 2.25. The monoisotopic (exact) mass is 404 g/mol. The minimum absolute atomic E-state index is 0.0557. The Morgan fingerprint density at radius 2 is 1.86 bits per heavy atom. The summed E-state index contributed by atoms with van der Waals surface area (Å²) in [6.45, 7) is 1.14. The van der Waals surface area contributed by atoms with E-state index in [0.29, 0.717) is 0 Å². The number of carbonyl (C=O) groups is 2. The number of ether oxygens (including phenoxy) is 1. The lowest BCUT2D eigenvalue weighted by atomic mass is 10.2. The zero-order chi connectivity index (χ0) is 21.2. The second-order valence-electron chi connectivity index (χ2n) is 6.26. The average Bonchev–Trinajstić information content (AvgIpc) is 2.72.